The van der Waals surface area contributed by atoms with Crippen molar-refractivity contribution in [3.8, 4) is 5.75 Å². The summed E-state index contributed by atoms with van der Waals surface area (Å²) in [6.07, 6.45) is 0. The maximum atomic E-state index is 12.1. The lowest BCUT2D eigenvalue weighted by molar-refractivity contribution is -0.118. The van der Waals surface area contributed by atoms with E-state index in [0.717, 1.165) is 5.56 Å². The number of hydrogen-bond donors (Lipinski definition) is 1. The molecule has 28 heavy (non-hydrogen) atoms. The molecule has 3 rings (SSSR count). The van der Waals surface area contributed by atoms with E-state index in [1.54, 1.807) is 36.4 Å². The van der Waals surface area contributed by atoms with E-state index in [1.807, 2.05) is 23.7 Å². The molecule has 2 aromatic carbocycles. The number of hydrogen-bond acceptors (Lipinski definition) is 5. The number of amides is 1. The zero-order valence-corrected chi connectivity index (χ0v) is 17.4. The van der Waals surface area contributed by atoms with Crippen molar-refractivity contribution in [1.82, 2.24) is 20.1 Å². The van der Waals surface area contributed by atoms with Crippen molar-refractivity contribution < 1.29 is 9.53 Å². The van der Waals surface area contributed by atoms with Crippen molar-refractivity contribution in [2.45, 2.75) is 18.3 Å². The van der Waals surface area contributed by atoms with Gasteiger partial charge in [0.05, 0.1) is 5.75 Å². The largest absolute Gasteiger partial charge is 0.486 e. The number of halogens is 2. The Balaban J connectivity index is 1.46. The molecule has 0 saturated carbocycles. The van der Waals surface area contributed by atoms with Crippen LogP contribution in [0.1, 0.15) is 11.4 Å². The highest BCUT2D eigenvalue weighted by atomic mass is 35.5. The van der Waals surface area contributed by atoms with Crippen LogP contribution in [0.2, 0.25) is 10.0 Å². The summed E-state index contributed by atoms with van der Waals surface area (Å²) >= 11 is 13.0. The van der Waals surface area contributed by atoms with E-state index in [-0.39, 0.29) is 18.3 Å². The number of ether oxygens (including phenoxy) is 1. The summed E-state index contributed by atoms with van der Waals surface area (Å²) in [5.41, 5.74) is 0.989. The lowest BCUT2D eigenvalue weighted by Gasteiger charge is -2.07. The van der Waals surface area contributed by atoms with E-state index >= 15 is 0 Å². The monoisotopic (exact) mass is 436 g/mol. The predicted molar refractivity (Wildman–Crippen MR) is 111 cm³/mol. The molecule has 0 bridgehead atoms. The Morgan fingerprint density at radius 3 is 2.39 bits per heavy atom. The van der Waals surface area contributed by atoms with E-state index < -0.39 is 0 Å². The second-order valence-electron chi connectivity index (χ2n) is 5.89. The Morgan fingerprint density at radius 2 is 1.71 bits per heavy atom. The van der Waals surface area contributed by atoms with Gasteiger partial charge in [0.1, 0.15) is 12.4 Å². The summed E-state index contributed by atoms with van der Waals surface area (Å²) in [6.45, 7) is 0.726. The van der Waals surface area contributed by atoms with E-state index in [2.05, 4.69) is 15.5 Å². The van der Waals surface area contributed by atoms with Crippen molar-refractivity contribution in [3.05, 3.63) is 70.0 Å². The first-order chi connectivity index (χ1) is 13.5. The van der Waals surface area contributed by atoms with Crippen LogP contribution in [0.3, 0.4) is 0 Å². The van der Waals surface area contributed by atoms with Gasteiger partial charge in [-0.1, -0.05) is 47.1 Å². The first-order valence-corrected chi connectivity index (χ1v) is 10.2. The number of nitrogens with zero attached hydrogens (tertiary/aromatic N) is 3. The summed E-state index contributed by atoms with van der Waals surface area (Å²) in [5, 5.41) is 13.1. The summed E-state index contributed by atoms with van der Waals surface area (Å²) in [7, 11) is 1.84. The van der Waals surface area contributed by atoms with Crippen molar-refractivity contribution in [2.75, 3.05) is 5.75 Å². The fourth-order valence-corrected chi connectivity index (χ4v) is 3.27. The molecule has 0 fully saturated rings. The second kappa shape index (κ2) is 9.82. The molecule has 0 unspecified atom stereocenters. The quantitative estimate of drug-likeness (QED) is 0.538. The number of thioether (sulfide) groups is 1. The predicted octanol–water partition coefficient (Wildman–Crippen LogP) is 4.11. The Bertz CT molecular complexity index is 930. The molecule has 1 aromatic heterocycles. The summed E-state index contributed by atoms with van der Waals surface area (Å²) in [4.78, 5) is 12.1. The number of rotatable bonds is 8. The Hall–Kier alpha value is -2.22. The van der Waals surface area contributed by atoms with Crippen LogP contribution >= 0.6 is 35.0 Å². The minimum Gasteiger partial charge on any atom is -0.486 e. The SMILES string of the molecule is Cn1c(COc2ccc(Cl)cc2)nnc1SCC(=O)NCc1ccc(Cl)cc1. The van der Waals surface area contributed by atoms with Gasteiger partial charge in [-0.2, -0.15) is 0 Å². The smallest absolute Gasteiger partial charge is 0.230 e. The number of carbonyl (C=O) groups excluding carboxylic acids is 1. The van der Waals surface area contributed by atoms with Crippen LogP contribution in [0.15, 0.2) is 53.7 Å². The number of benzene rings is 2. The van der Waals surface area contributed by atoms with Crippen molar-refractivity contribution in [2.24, 2.45) is 7.05 Å². The first kappa shape index (κ1) is 20.5. The number of nitrogens with one attached hydrogen (secondary N) is 1. The molecule has 1 amide bonds. The standard InChI is InChI=1S/C19H18Cl2N4O2S/c1-25-17(11-27-16-8-6-15(21)7-9-16)23-24-19(25)28-12-18(26)22-10-13-2-4-14(20)5-3-13/h2-9H,10-12H2,1H3,(H,22,26). The van der Waals surface area contributed by atoms with Crippen LogP contribution in [0.5, 0.6) is 5.75 Å². The third-order valence-corrected chi connectivity index (χ3v) is 5.37. The third-order valence-electron chi connectivity index (χ3n) is 3.84. The molecule has 1 N–H and O–H groups in total. The Morgan fingerprint density at radius 1 is 1.07 bits per heavy atom. The lowest BCUT2D eigenvalue weighted by atomic mass is 10.2. The van der Waals surface area contributed by atoms with Gasteiger partial charge in [0.2, 0.25) is 5.91 Å². The van der Waals surface area contributed by atoms with Crippen LogP contribution in [-0.4, -0.2) is 26.4 Å². The average molecular weight is 437 g/mol. The van der Waals surface area contributed by atoms with Gasteiger partial charge in [-0.3, -0.25) is 4.79 Å². The minimum absolute atomic E-state index is 0.0816. The normalized spacial score (nSPS) is 10.7. The third kappa shape index (κ3) is 5.89. The van der Waals surface area contributed by atoms with Crippen LogP contribution < -0.4 is 10.1 Å². The molecule has 6 nitrogen and oxygen atoms in total. The molecular weight excluding hydrogens is 419 g/mol. The lowest BCUT2D eigenvalue weighted by Crippen LogP contribution is -2.24. The first-order valence-electron chi connectivity index (χ1n) is 8.42. The fraction of sp³-hybridized carbons (Fsp3) is 0.211. The van der Waals surface area contributed by atoms with Gasteiger partial charge in [-0.25, -0.2) is 0 Å². The number of aromatic nitrogens is 3. The van der Waals surface area contributed by atoms with Crippen molar-refractivity contribution in [1.29, 1.82) is 0 Å². The van der Waals surface area contributed by atoms with Crippen LogP contribution in [0.25, 0.3) is 0 Å². The highest BCUT2D eigenvalue weighted by molar-refractivity contribution is 7.99. The van der Waals surface area contributed by atoms with Crippen molar-refractivity contribution in [3.63, 3.8) is 0 Å². The molecule has 146 valence electrons. The van der Waals surface area contributed by atoms with E-state index in [0.29, 0.717) is 33.3 Å². The zero-order chi connectivity index (χ0) is 19.9. The number of carbonyl (C=O) groups is 1. The summed E-state index contributed by atoms with van der Waals surface area (Å²) < 4.78 is 7.50. The van der Waals surface area contributed by atoms with Gasteiger partial charge < -0.3 is 14.6 Å². The van der Waals surface area contributed by atoms with Crippen molar-refractivity contribution >= 4 is 40.9 Å². The van der Waals surface area contributed by atoms with Crippen LogP contribution in [-0.2, 0) is 25.0 Å². The topological polar surface area (TPSA) is 69.0 Å². The fourth-order valence-electron chi connectivity index (χ4n) is 2.26. The molecule has 9 heteroatoms. The van der Waals surface area contributed by atoms with E-state index in [1.165, 1.54) is 11.8 Å². The Kier molecular flexibility index (Phi) is 7.19. The molecule has 0 saturated heterocycles. The molecule has 0 aliphatic carbocycles. The van der Waals surface area contributed by atoms with Gasteiger partial charge >= 0.3 is 0 Å². The van der Waals surface area contributed by atoms with E-state index in [9.17, 15) is 4.79 Å². The molecule has 0 radical (unpaired) electrons. The van der Waals surface area contributed by atoms with Gasteiger partial charge in [-0.15, -0.1) is 10.2 Å². The maximum absolute atomic E-state index is 12.1. The van der Waals surface area contributed by atoms with Crippen LogP contribution in [0.4, 0.5) is 0 Å². The molecule has 0 atom stereocenters. The molecule has 0 spiro atoms. The average Bonchev–Trinajstić information content (AvgIpc) is 3.05. The molecule has 1 heterocycles. The maximum Gasteiger partial charge on any atom is 0.230 e. The Labute approximate surface area is 177 Å². The van der Waals surface area contributed by atoms with Gasteiger partial charge in [0.15, 0.2) is 11.0 Å². The van der Waals surface area contributed by atoms with Crippen LogP contribution in [0, 0.1) is 0 Å². The highest BCUT2D eigenvalue weighted by Gasteiger charge is 2.12. The van der Waals surface area contributed by atoms with Gasteiger partial charge in [-0.05, 0) is 42.0 Å². The van der Waals surface area contributed by atoms with Gasteiger partial charge in [0, 0.05) is 23.6 Å². The minimum atomic E-state index is -0.0816. The zero-order valence-electron chi connectivity index (χ0n) is 15.1. The molecular formula is C19H18Cl2N4O2S. The van der Waals surface area contributed by atoms with Gasteiger partial charge in [0.25, 0.3) is 0 Å². The highest BCUT2D eigenvalue weighted by Crippen LogP contribution is 2.19. The molecule has 0 aliphatic rings. The van der Waals surface area contributed by atoms with E-state index in [4.69, 9.17) is 27.9 Å². The summed E-state index contributed by atoms with van der Waals surface area (Å²) in [5.74, 6) is 1.53. The second-order valence-corrected chi connectivity index (χ2v) is 7.71. The molecule has 3 aromatic rings. The summed E-state index contributed by atoms with van der Waals surface area (Å²) in [6, 6.07) is 14.5. The molecule has 0 aliphatic heterocycles.